The maximum atomic E-state index is 5.83. The third-order valence-electron chi connectivity index (χ3n) is 2.98. The third-order valence-corrected chi connectivity index (χ3v) is 2.98. The first kappa shape index (κ1) is 12.6. The molecule has 0 saturated heterocycles. The van der Waals surface area contributed by atoms with Gasteiger partial charge in [-0.1, -0.05) is 18.2 Å². The van der Waals surface area contributed by atoms with Crippen LogP contribution in [0, 0.1) is 0 Å². The van der Waals surface area contributed by atoms with E-state index < -0.39 is 0 Å². The highest BCUT2D eigenvalue weighted by atomic mass is 16.5. The molecule has 0 fully saturated rings. The monoisotopic (exact) mass is 269 g/mol. The third kappa shape index (κ3) is 2.35. The van der Waals surface area contributed by atoms with Crippen LogP contribution in [0.1, 0.15) is 5.82 Å². The van der Waals surface area contributed by atoms with Crippen molar-refractivity contribution in [3.05, 3.63) is 42.2 Å². The number of anilines is 1. The van der Waals surface area contributed by atoms with Gasteiger partial charge < -0.3 is 14.5 Å². The molecule has 0 aliphatic heterocycles. The van der Waals surface area contributed by atoms with E-state index in [1.807, 2.05) is 43.4 Å². The van der Waals surface area contributed by atoms with Crippen molar-refractivity contribution >= 4 is 16.8 Å². The van der Waals surface area contributed by atoms with Gasteiger partial charge in [0, 0.05) is 25.6 Å². The molecule has 1 aromatic carbocycles. The van der Waals surface area contributed by atoms with Crippen LogP contribution in [0.15, 0.2) is 40.8 Å². The van der Waals surface area contributed by atoms with Crippen LogP contribution in [0.5, 0.6) is 0 Å². The van der Waals surface area contributed by atoms with Gasteiger partial charge >= 0.3 is 0 Å². The van der Waals surface area contributed by atoms with E-state index in [2.05, 4.69) is 15.3 Å². The zero-order chi connectivity index (χ0) is 13.9. The number of hydrogen-bond acceptors (Lipinski definition) is 5. The molecule has 0 aliphatic rings. The van der Waals surface area contributed by atoms with Crippen LogP contribution in [0.3, 0.4) is 0 Å². The van der Waals surface area contributed by atoms with Crippen molar-refractivity contribution in [3.8, 4) is 11.5 Å². The first-order valence-corrected chi connectivity index (χ1v) is 6.34. The summed E-state index contributed by atoms with van der Waals surface area (Å²) < 4.78 is 10.9. The van der Waals surface area contributed by atoms with Crippen molar-refractivity contribution in [1.82, 2.24) is 9.97 Å². The Bertz CT molecular complexity index is 704. The number of ether oxygens (including phenoxy) is 1. The van der Waals surface area contributed by atoms with E-state index in [1.54, 1.807) is 7.11 Å². The number of fused-ring (bicyclic) bond motifs is 1. The molecule has 0 unspecified atom stereocenters. The fourth-order valence-corrected chi connectivity index (χ4v) is 2.05. The van der Waals surface area contributed by atoms with Crippen LogP contribution in [-0.2, 0) is 11.3 Å². The van der Waals surface area contributed by atoms with Gasteiger partial charge in [-0.15, -0.1) is 0 Å². The number of nitrogens with zero attached hydrogens (tertiary/aromatic N) is 2. The summed E-state index contributed by atoms with van der Waals surface area (Å²) in [6.45, 7) is 0.364. The van der Waals surface area contributed by atoms with Crippen molar-refractivity contribution in [3.63, 3.8) is 0 Å². The van der Waals surface area contributed by atoms with Crippen molar-refractivity contribution < 1.29 is 9.15 Å². The zero-order valence-electron chi connectivity index (χ0n) is 11.4. The van der Waals surface area contributed by atoms with Gasteiger partial charge in [-0.25, -0.2) is 9.97 Å². The molecule has 0 atom stereocenters. The summed E-state index contributed by atoms with van der Waals surface area (Å²) in [5.41, 5.74) is 1.59. The van der Waals surface area contributed by atoms with Crippen molar-refractivity contribution in [1.29, 1.82) is 0 Å². The minimum absolute atomic E-state index is 0.364. The highest BCUT2D eigenvalue weighted by Gasteiger charge is 2.10. The average Bonchev–Trinajstić information content (AvgIpc) is 2.91. The van der Waals surface area contributed by atoms with E-state index in [0.717, 1.165) is 28.2 Å². The number of nitrogens with one attached hydrogen (secondary N) is 1. The van der Waals surface area contributed by atoms with Crippen LogP contribution in [0.2, 0.25) is 0 Å². The summed E-state index contributed by atoms with van der Waals surface area (Å²) in [6, 6.07) is 11.7. The van der Waals surface area contributed by atoms with Crippen LogP contribution in [0.25, 0.3) is 22.4 Å². The van der Waals surface area contributed by atoms with Gasteiger partial charge in [-0.3, -0.25) is 0 Å². The highest BCUT2D eigenvalue weighted by molar-refractivity contribution is 5.82. The minimum Gasteiger partial charge on any atom is -0.454 e. The lowest BCUT2D eigenvalue weighted by molar-refractivity contribution is 0.178. The van der Waals surface area contributed by atoms with Gasteiger partial charge in [0.05, 0.1) is 0 Å². The lowest BCUT2D eigenvalue weighted by atomic mass is 10.2. The van der Waals surface area contributed by atoms with E-state index in [1.165, 1.54) is 0 Å². The normalized spacial score (nSPS) is 10.9. The Hall–Kier alpha value is -2.40. The van der Waals surface area contributed by atoms with Crippen molar-refractivity contribution in [2.24, 2.45) is 0 Å². The molecular weight excluding hydrogens is 254 g/mol. The number of aromatic nitrogens is 2. The largest absolute Gasteiger partial charge is 0.454 e. The predicted octanol–water partition coefficient (Wildman–Crippen LogP) is 3.08. The van der Waals surface area contributed by atoms with Gasteiger partial charge in [-0.2, -0.15) is 0 Å². The molecule has 5 heteroatoms. The first-order valence-electron chi connectivity index (χ1n) is 6.34. The maximum Gasteiger partial charge on any atom is 0.157 e. The molecule has 5 nitrogen and oxygen atoms in total. The number of methoxy groups -OCH3 is 1. The topological polar surface area (TPSA) is 60.2 Å². The molecule has 3 rings (SSSR count). The van der Waals surface area contributed by atoms with E-state index >= 15 is 0 Å². The number of benzene rings is 1. The van der Waals surface area contributed by atoms with E-state index in [4.69, 9.17) is 9.15 Å². The molecule has 2 heterocycles. The fourth-order valence-electron chi connectivity index (χ4n) is 2.05. The molecule has 20 heavy (non-hydrogen) atoms. The molecule has 0 bridgehead atoms. The van der Waals surface area contributed by atoms with Gasteiger partial charge in [0.15, 0.2) is 11.6 Å². The Morgan fingerprint density at radius 2 is 2.05 bits per heavy atom. The second-order valence-electron chi connectivity index (χ2n) is 4.39. The summed E-state index contributed by atoms with van der Waals surface area (Å²) >= 11 is 0. The first-order chi connectivity index (χ1) is 9.80. The fraction of sp³-hybridized carbons (Fsp3) is 0.200. The molecule has 0 spiro atoms. The summed E-state index contributed by atoms with van der Waals surface area (Å²) in [5.74, 6) is 2.08. The summed E-state index contributed by atoms with van der Waals surface area (Å²) in [6.07, 6.45) is 0. The molecule has 1 N–H and O–H groups in total. The molecule has 2 aromatic heterocycles. The molecule has 0 radical (unpaired) electrons. The molecule has 0 amide bonds. The van der Waals surface area contributed by atoms with E-state index in [-0.39, 0.29) is 0 Å². The van der Waals surface area contributed by atoms with Crippen LogP contribution in [-0.4, -0.2) is 24.1 Å². The Balaban J connectivity index is 2.09. The molecule has 3 aromatic rings. The van der Waals surface area contributed by atoms with Gasteiger partial charge in [-0.05, 0) is 12.1 Å². The predicted molar refractivity (Wildman–Crippen MR) is 77.5 cm³/mol. The van der Waals surface area contributed by atoms with Crippen LogP contribution in [0.4, 0.5) is 5.82 Å². The molecule has 0 aliphatic carbocycles. The summed E-state index contributed by atoms with van der Waals surface area (Å²) in [4.78, 5) is 8.80. The van der Waals surface area contributed by atoms with Crippen molar-refractivity contribution in [2.45, 2.75) is 6.61 Å². The Kier molecular flexibility index (Phi) is 3.35. The minimum atomic E-state index is 0.364. The molecular formula is C15H15N3O2. The van der Waals surface area contributed by atoms with E-state index in [9.17, 15) is 0 Å². The molecule has 102 valence electrons. The lowest BCUT2D eigenvalue weighted by Crippen LogP contribution is -2.02. The van der Waals surface area contributed by atoms with Crippen LogP contribution >= 0.6 is 0 Å². The molecule has 0 saturated carbocycles. The number of furan rings is 1. The van der Waals surface area contributed by atoms with Gasteiger partial charge in [0.1, 0.15) is 23.7 Å². The second kappa shape index (κ2) is 5.30. The van der Waals surface area contributed by atoms with E-state index in [0.29, 0.717) is 12.4 Å². The summed E-state index contributed by atoms with van der Waals surface area (Å²) in [5, 5.41) is 4.08. The maximum absolute atomic E-state index is 5.83. The Labute approximate surface area is 116 Å². The highest BCUT2D eigenvalue weighted by Crippen LogP contribution is 2.27. The Morgan fingerprint density at radius 3 is 2.80 bits per heavy atom. The SMILES string of the molecule is CNc1cc(-c2cc3ccccc3o2)nc(COC)n1. The lowest BCUT2D eigenvalue weighted by Gasteiger charge is -2.05. The van der Waals surface area contributed by atoms with Crippen molar-refractivity contribution in [2.75, 3.05) is 19.5 Å². The van der Waals surface area contributed by atoms with Gasteiger partial charge in [0.25, 0.3) is 0 Å². The Morgan fingerprint density at radius 1 is 1.20 bits per heavy atom. The van der Waals surface area contributed by atoms with Gasteiger partial charge in [0.2, 0.25) is 0 Å². The van der Waals surface area contributed by atoms with Crippen LogP contribution < -0.4 is 5.32 Å². The number of hydrogen-bond donors (Lipinski definition) is 1. The number of rotatable bonds is 4. The smallest absolute Gasteiger partial charge is 0.157 e. The zero-order valence-corrected chi connectivity index (χ0v) is 11.4. The quantitative estimate of drug-likeness (QED) is 0.788. The standard InChI is InChI=1S/C15H15N3O2/c1-16-14-8-11(17-15(18-14)9-19-2)13-7-10-5-3-4-6-12(10)20-13/h3-8H,9H2,1-2H3,(H,16,17,18). The number of para-hydroxylation sites is 1. The summed E-state index contributed by atoms with van der Waals surface area (Å²) in [7, 11) is 3.44. The second-order valence-corrected chi connectivity index (χ2v) is 4.39. The average molecular weight is 269 g/mol.